The molecule has 132 valence electrons. The molecule has 3 rings (SSSR count). The number of benzene rings is 1. The Kier molecular flexibility index (Phi) is 5.44. The van der Waals surface area contributed by atoms with E-state index >= 15 is 0 Å². The minimum Gasteiger partial charge on any atom is -0.339 e. The second-order valence-electron chi connectivity index (χ2n) is 5.89. The van der Waals surface area contributed by atoms with Crippen LogP contribution in [0.25, 0.3) is 0 Å². The highest BCUT2D eigenvalue weighted by Gasteiger charge is 2.39. The fourth-order valence-electron chi connectivity index (χ4n) is 2.77. The van der Waals surface area contributed by atoms with Crippen LogP contribution >= 0.6 is 23.1 Å². The highest BCUT2D eigenvalue weighted by Crippen LogP contribution is 2.43. The van der Waals surface area contributed by atoms with Crippen LogP contribution in [0.5, 0.6) is 0 Å². The molecule has 0 unspecified atom stereocenters. The number of amides is 2. The highest BCUT2D eigenvalue weighted by molar-refractivity contribution is 8.01. The van der Waals surface area contributed by atoms with Gasteiger partial charge in [0, 0.05) is 25.7 Å². The van der Waals surface area contributed by atoms with Gasteiger partial charge in [-0.3, -0.25) is 9.59 Å². The van der Waals surface area contributed by atoms with Crippen LogP contribution in [0.1, 0.15) is 27.5 Å². The maximum absolute atomic E-state index is 14.2. The lowest BCUT2D eigenvalue weighted by Crippen LogP contribution is -2.39. The molecule has 0 radical (unpaired) electrons. The first-order valence-electron chi connectivity index (χ1n) is 7.98. The number of carbonyl (C=O) groups excluding carboxylic acids is 2. The van der Waals surface area contributed by atoms with Crippen molar-refractivity contribution in [1.29, 1.82) is 0 Å². The van der Waals surface area contributed by atoms with Crippen molar-refractivity contribution in [3.63, 3.8) is 0 Å². The number of rotatable bonds is 5. The molecule has 25 heavy (non-hydrogen) atoms. The molecule has 1 saturated heterocycles. The summed E-state index contributed by atoms with van der Waals surface area (Å²) in [5.41, 5.74) is 0.512. The minimum atomic E-state index is -0.353. The largest absolute Gasteiger partial charge is 0.339 e. The number of halogens is 1. The Bertz CT molecular complexity index is 766. The zero-order valence-electron chi connectivity index (χ0n) is 14.0. The smallest absolute Gasteiger partial charge is 0.263 e. The summed E-state index contributed by atoms with van der Waals surface area (Å²) in [6.07, 6.45) is 0. The minimum absolute atomic E-state index is 0.0183. The van der Waals surface area contributed by atoms with E-state index in [2.05, 4.69) is 0 Å². The lowest BCUT2D eigenvalue weighted by molar-refractivity contribution is -0.130. The first kappa shape index (κ1) is 17.9. The molecule has 2 atom stereocenters. The maximum atomic E-state index is 14.2. The third-order valence-corrected chi connectivity index (χ3v) is 6.41. The van der Waals surface area contributed by atoms with Gasteiger partial charge in [-0.25, -0.2) is 4.39 Å². The molecule has 1 aliphatic rings. The lowest BCUT2D eigenvalue weighted by Gasteiger charge is -2.27. The van der Waals surface area contributed by atoms with Gasteiger partial charge >= 0.3 is 0 Å². The lowest BCUT2D eigenvalue weighted by atomic mass is 10.2. The summed E-state index contributed by atoms with van der Waals surface area (Å²) in [5.74, 6) is -0.394. The van der Waals surface area contributed by atoms with Crippen LogP contribution in [-0.2, 0) is 4.79 Å². The summed E-state index contributed by atoms with van der Waals surface area (Å²) in [5, 5.41) is 1.29. The number of nitrogens with zero attached hydrogens (tertiary/aromatic N) is 2. The van der Waals surface area contributed by atoms with Crippen molar-refractivity contribution in [2.24, 2.45) is 0 Å². The topological polar surface area (TPSA) is 40.6 Å². The predicted molar refractivity (Wildman–Crippen MR) is 99.2 cm³/mol. The molecule has 2 amide bonds. The van der Waals surface area contributed by atoms with Gasteiger partial charge in [-0.15, -0.1) is 23.1 Å². The zero-order chi connectivity index (χ0) is 18.0. The second kappa shape index (κ2) is 7.58. The average molecular weight is 378 g/mol. The maximum Gasteiger partial charge on any atom is 0.263 e. The summed E-state index contributed by atoms with van der Waals surface area (Å²) in [6.45, 7) is 2.62. The van der Waals surface area contributed by atoms with Crippen molar-refractivity contribution >= 4 is 34.9 Å². The highest BCUT2D eigenvalue weighted by atomic mass is 32.2. The Balaban J connectivity index is 1.72. The molecule has 0 N–H and O–H groups in total. The van der Waals surface area contributed by atoms with E-state index in [1.165, 1.54) is 29.2 Å². The zero-order valence-corrected chi connectivity index (χ0v) is 15.6. The van der Waals surface area contributed by atoms with E-state index < -0.39 is 0 Å². The molecule has 0 spiro atoms. The van der Waals surface area contributed by atoms with Crippen molar-refractivity contribution in [1.82, 2.24) is 9.80 Å². The van der Waals surface area contributed by atoms with Gasteiger partial charge in [-0.1, -0.05) is 24.3 Å². The molecule has 1 fully saturated rings. The van der Waals surface area contributed by atoms with Crippen molar-refractivity contribution < 1.29 is 14.0 Å². The summed E-state index contributed by atoms with van der Waals surface area (Å²) in [6, 6.07) is 10.2. The van der Waals surface area contributed by atoms with Crippen LogP contribution < -0.4 is 0 Å². The Labute approximate surface area is 154 Å². The Morgan fingerprint density at radius 3 is 2.72 bits per heavy atom. The van der Waals surface area contributed by atoms with Crippen molar-refractivity contribution in [3.05, 3.63) is 58.0 Å². The average Bonchev–Trinajstić information content (AvgIpc) is 3.22. The summed E-state index contributed by atoms with van der Waals surface area (Å²) >= 11 is 2.83. The molecule has 2 aromatic rings. The van der Waals surface area contributed by atoms with Crippen LogP contribution in [-0.4, -0.2) is 47.0 Å². The molecule has 2 heterocycles. The van der Waals surface area contributed by atoms with Crippen molar-refractivity contribution in [3.8, 4) is 0 Å². The molecule has 1 aromatic heterocycles. The van der Waals surface area contributed by atoms with Crippen LogP contribution in [0.15, 0.2) is 41.8 Å². The standard InChI is InChI=1S/C18H19FN2O2S2/c1-12-16(22)21(18(25-12)13-6-3-4-7-14(13)19)10-9-20(2)17(23)15-8-5-11-24-15/h3-8,11-12,18H,9-10H2,1-2H3/t12-,18+/m1/s1. The van der Waals surface area contributed by atoms with Gasteiger partial charge in [0.2, 0.25) is 5.91 Å². The summed E-state index contributed by atoms with van der Waals surface area (Å²) < 4.78 is 14.2. The third-order valence-electron chi connectivity index (χ3n) is 4.17. The van der Waals surface area contributed by atoms with Gasteiger partial charge in [0.1, 0.15) is 11.2 Å². The van der Waals surface area contributed by atoms with E-state index in [1.807, 2.05) is 18.4 Å². The van der Waals surface area contributed by atoms with E-state index in [4.69, 9.17) is 0 Å². The molecule has 7 heteroatoms. The van der Waals surface area contributed by atoms with E-state index in [-0.39, 0.29) is 28.3 Å². The van der Waals surface area contributed by atoms with Gasteiger partial charge in [-0.05, 0) is 24.4 Å². The molecule has 4 nitrogen and oxygen atoms in total. The number of thioether (sulfide) groups is 1. The fourth-order valence-corrected chi connectivity index (χ4v) is 4.82. The SMILES string of the molecule is C[C@H]1S[C@@H](c2ccccc2F)N(CCN(C)C(=O)c2cccs2)C1=O. The summed E-state index contributed by atoms with van der Waals surface area (Å²) in [4.78, 5) is 28.8. The van der Waals surface area contributed by atoms with E-state index in [0.717, 1.165) is 0 Å². The van der Waals surface area contributed by atoms with Crippen LogP contribution in [0.4, 0.5) is 4.39 Å². The van der Waals surface area contributed by atoms with Gasteiger partial charge in [-0.2, -0.15) is 0 Å². The monoisotopic (exact) mass is 378 g/mol. The van der Waals surface area contributed by atoms with E-state index in [9.17, 15) is 14.0 Å². The second-order valence-corrected chi connectivity index (χ2v) is 8.26. The Morgan fingerprint density at radius 2 is 2.04 bits per heavy atom. The Hall–Kier alpha value is -1.86. The van der Waals surface area contributed by atoms with Crippen molar-refractivity contribution in [2.45, 2.75) is 17.5 Å². The first-order chi connectivity index (χ1) is 12.0. The number of carbonyl (C=O) groups is 2. The summed E-state index contributed by atoms with van der Waals surface area (Å²) in [7, 11) is 1.72. The molecule has 1 aliphatic heterocycles. The number of likely N-dealkylation sites (N-methyl/N-ethyl adjacent to an activating group) is 1. The van der Waals surface area contributed by atoms with Gasteiger partial charge in [0.15, 0.2) is 0 Å². The molecule has 0 bridgehead atoms. The molecular formula is C18H19FN2O2S2. The Morgan fingerprint density at radius 1 is 1.28 bits per heavy atom. The number of hydrogen-bond donors (Lipinski definition) is 0. The van der Waals surface area contributed by atoms with Crippen LogP contribution in [0.2, 0.25) is 0 Å². The quantitative estimate of drug-likeness (QED) is 0.798. The molecule has 1 aromatic carbocycles. The van der Waals surface area contributed by atoms with Gasteiger partial charge in [0.05, 0.1) is 10.1 Å². The molecule has 0 aliphatic carbocycles. The third kappa shape index (κ3) is 3.72. The van der Waals surface area contributed by atoms with Gasteiger partial charge in [0.25, 0.3) is 5.91 Å². The number of hydrogen-bond acceptors (Lipinski definition) is 4. The van der Waals surface area contributed by atoms with Crippen LogP contribution in [0, 0.1) is 5.82 Å². The molecular weight excluding hydrogens is 359 g/mol. The normalized spacial score (nSPS) is 20.1. The van der Waals surface area contributed by atoms with Gasteiger partial charge < -0.3 is 9.80 Å². The van der Waals surface area contributed by atoms with E-state index in [1.54, 1.807) is 41.1 Å². The fraction of sp³-hybridized carbons (Fsp3) is 0.333. The van der Waals surface area contributed by atoms with Crippen molar-refractivity contribution in [2.75, 3.05) is 20.1 Å². The molecule has 0 saturated carbocycles. The first-order valence-corrected chi connectivity index (χ1v) is 9.80. The predicted octanol–water partition coefficient (Wildman–Crippen LogP) is 3.62. The van der Waals surface area contributed by atoms with Crippen LogP contribution in [0.3, 0.4) is 0 Å². The number of thiophene rings is 1. The van der Waals surface area contributed by atoms with E-state index in [0.29, 0.717) is 23.5 Å².